The summed E-state index contributed by atoms with van der Waals surface area (Å²) < 4.78 is 11.6. The fraction of sp³-hybridized carbons (Fsp3) is 0.521. The second-order valence-corrected chi connectivity index (χ2v) is 25.0. The molecular formula is C48H65IrN2O2SSi-. The number of hydrogen-bond acceptors (Lipinski definition) is 5. The maximum atomic E-state index is 12.3. The van der Waals surface area contributed by atoms with E-state index < -0.39 is 14.0 Å². The summed E-state index contributed by atoms with van der Waals surface area (Å²) in [5, 5.41) is 15.3. The first-order valence-corrected chi connectivity index (χ1v) is 24.5. The van der Waals surface area contributed by atoms with Crippen molar-refractivity contribution in [2.75, 3.05) is 0 Å². The molecule has 1 N–H and O–H groups in total. The monoisotopic (exact) mass is 955 g/mol. The van der Waals surface area contributed by atoms with Gasteiger partial charge in [-0.15, -0.1) is 40.1 Å². The Kier molecular flexibility index (Phi) is 14.4. The largest absolute Gasteiger partial charge is 0.512 e. The summed E-state index contributed by atoms with van der Waals surface area (Å²) >= 11 is 1.76. The van der Waals surface area contributed by atoms with E-state index in [4.69, 9.17) is 9.97 Å². The quantitative estimate of drug-likeness (QED) is 0.0656. The van der Waals surface area contributed by atoms with Crippen molar-refractivity contribution in [3.8, 4) is 11.3 Å². The summed E-state index contributed by atoms with van der Waals surface area (Å²) in [4.78, 5) is 21.9. The fourth-order valence-electron chi connectivity index (χ4n) is 8.70. The molecule has 4 nitrogen and oxygen atoms in total. The number of aliphatic hydroxyl groups excluding tert-OH is 1. The topological polar surface area (TPSA) is 63.1 Å². The van der Waals surface area contributed by atoms with Crippen LogP contribution < -0.4 is 5.19 Å². The van der Waals surface area contributed by atoms with Crippen LogP contribution in [-0.2, 0) is 24.9 Å². The normalized spacial score (nSPS) is 16.3. The van der Waals surface area contributed by atoms with E-state index >= 15 is 0 Å². The van der Waals surface area contributed by atoms with Crippen molar-refractivity contribution < 1.29 is 31.4 Å². The molecule has 0 aliphatic heterocycles. The minimum absolute atomic E-state index is 0. The average Bonchev–Trinajstić information content (AvgIpc) is 3.46. The predicted octanol–water partition coefficient (Wildman–Crippen LogP) is 13.5. The molecular weight excluding hydrogens is 889 g/mol. The number of carbonyl (C=O) groups excluding carboxylic acids is 1. The van der Waals surface area contributed by atoms with Crippen LogP contribution in [0.5, 0.6) is 0 Å². The minimum Gasteiger partial charge on any atom is -0.512 e. The number of carbonyl (C=O) groups is 1. The van der Waals surface area contributed by atoms with Crippen molar-refractivity contribution >= 4 is 61.5 Å². The molecule has 7 heteroatoms. The molecule has 1 aliphatic carbocycles. The third kappa shape index (κ3) is 10.4. The fourth-order valence-corrected chi connectivity index (χ4v) is 11.5. The number of aromatic nitrogens is 2. The molecule has 0 saturated heterocycles. The third-order valence-corrected chi connectivity index (χ3v) is 14.7. The second-order valence-electron chi connectivity index (χ2n) is 18.9. The van der Waals surface area contributed by atoms with Gasteiger partial charge in [-0.3, -0.25) is 9.78 Å². The van der Waals surface area contributed by atoms with Gasteiger partial charge in [0, 0.05) is 59.9 Å². The molecule has 1 fully saturated rings. The zero-order valence-corrected chi connectivity index (χ0v) is 39.8. The molecule has 299 valence electrons. The second kappa shape index (κ2) is 18.3. The van der Waals surface area contributed by atoms with E-state index in [0.29, 0.717) is 29.1 Å². The maximum Gasteiger partial charge on any atom is 0.162 e. The van der Waals surface area contributed by atoms with Gasteiger partial charge in [0.15, 0.2) is 5.78 Å². The summed E-state index contributed by atoms with van der Waals surface area (Å²) in [5.41, 5.74) is 4.52. The smallest absolute Gasteiger partial charge is 0.162 e. The van der Waals surface area contributed by atoms with E-state index in [1.54, 1.807) is 17.7 Å². The van der Waals surface area contributed by atoms with E-state index in [-0.39, 0.29) is 43.5 Å². The van der Waals surface area contributed by atoms with Crippen LogP contribution in [0.4, 0.5) is 0 Å². The summed E-state index contributed by atoms with van der Waals surface area (Å²) in [6, 6.07) is 21.2. The van der Waals surface area contributed by atoms with E-state index in [1.807, 2.05) is 0 Å². The zero-order valence-electron chi connectivity index (χ0n) is 36.6. The number of benzene rings is 3. The van der Waals surface area contributed by atoms with Crippen LogP contribution in [-0.4, -0.2) is 28.9 Å². The molecule has 2 aromatic heterocycles. The van der Waals surface area contributed by atoms with Gasteiger partial charge in [-0.1, -0.05) is 130 Å². The Balaban J connectivity index is 0.000000299. The number of nitrogens with zero attached hydrogens (tertiary/aromatic N) is 2. The van der Waals surface area contributed by atoms with Gasteiger partial charge in [-0.25, -0.2) is 4.98 Å². The Morgan fingerprint density at radius 1 is 0.891 bits per heavy atom. The number of fused-ring (bicyclic) bond motifs is 4. The first-order valence-electron chi connectivity index (χ1n) is 20.7. The van der Waals surface area contributed by atoms with Gasteiger partial charge >= 0.3 is 0 Å². The van der Waals surface area contributed by atoms with Gasteiger partial charge in [-0.2, -0.15) is 0 Å². The van der Waals surface area contributed by atoms with Crippen molar-refractivity contribution in [2.45, 2.75) is 120 Å². The Bertz CT molecular complexity index is 2160. The predicted molar refractivity (Wildman–Crippen MR) is 237 cm³/mol. The van der Waals surface area contributed by atoms with Crippen molar-refractivity contribution in [3.63, 3.8) is 0 Å². The number of allylic oxidation sites excluding steroid dienone is 2. The number of hydrogen-bond donors (Lipinski definition) is 1. The van der Waals surface area contributed by atoms with E-state index in [1.165, 1.54) is 21.3 Å². The number of aliphatic hydroxyl groups is 1. The molecule has 1 aliphatic rings. The van der Waals surface area contributed by atoms with Crippen molar-refractivity contribution in [1.82, 2.24) is 9.97 Å². The van der Waals surface area contributed by atoms with Gasteiger partial charge < -0.3 is 5.11 Å². The molecule has 6 rings (SSSR count). The van der Waals surface area contributed by atoms with Gasteiger partial charge in [0.05, 0.1) is 19.3 Å². The average molecular weight is 955 g/mol. The number of rotatable bonds is 10. The van der Waals surface area contributed by atoms with Crippen LogP contribution >= 0.6 is 11.3 Å². The van der Waals surface area contributed by atoms with Crippen LogP contribution in [0.3, 0.4) is 0 Å². The van der Waals surface area contributed by atoms with E-state index in [2.05, 4.69) is 143 Å². The molecule has 3 aromatic carbocycles. The summed E-state index contributed by atoms with van der Waals surface area (Å²) in [6.07, 6.45) is 7.24. The Labute approximate surface area is 351 Å². The molecule has 0 atom stereocenters. The van der Waals surface area contributed by atoms with Gasteiger partial charge in [-0.05, 0) is 72.3 Å². The molecule has 0 unspecified atom stereocenters. The molecule has 1 radical (unpaired) electrons. The van der Waals surface area contributed by atoms with Crippen molar-refractivity contribution in [1.29, 1.82) is 0 Å². The SMILES string of the molecule is CC(C)C(C(=O)/C=C(\O)C(C(C)C)C(C)C)C(C)C.[2H]C1(c2ccc3c(c2)sc2c(-c4[c-]c5ccccc5c([Si](C)(C)C)c4)ncnc23)CCC(C)(C)CC1.[Ir]. The Morgan fingerprint density at radius 2 is 1.49 bits per heavy atom. The molecule has 1 saturated carbocycles. The van der Waals surface area contributed by atoms with Crippen LogP contribution in [0.2, 0.25) is 19.6 Å². The number of thiophene rings is 1. The zero-order chi connectivity index (χ0) is 40.6. The molecule has 55 heavy (non-hydrogen) atoms. The Morgan fingerprint density at radius 3 is 2.07 bits per heavy atom. The molecule has 0 bridgehead atoms. The molecule has 5 aromatic rings. The molecule has 0 amide bonds. The maximum absolute atomic E-state index is 12.3. The van der Waals surface area contributed by atoms with Gasteiger partial charge in [0.1, 0.15) is 6.33 Å². The Hall–Kier alpha value is -2.70. The standard InChI is InChI=1S/C31H33N2SSi.C17H32O2.Ir/c1-31(2)14-12-20(13-15-31)21-10-11-25-26(17-21)34-30-28(32-19-33-29(25)30)23-16-22-8-6-7-9-24(22)27(18-23)35(3,4)5;1-10(2)16(11(3)4)14(18)9-15(19)17(12(5)6)13(7)8;/h6-11,17-20H,12-15H2,1-5H3;9-13,16-18H,1-8H3;/q-1;;/b;14-9-;/i20D;;. The minimum atomic E-state index is -1.59. The van der Waals surface area contributed by atoms with Crippen LogP contribution in [0.15, 0.2) is 66.7 Å². The van der Waals surface area contributed by atoms with Gasteiger partial charge in [0.2, 0.25) is 0 Å². The summed E-state index contributed by atoms with van der Waals surface area (Å²) in [7, 11) is -1.59. The first-order chi connectivity index (χ1) is 25.6. The number of ketones is 1. The molecule has 2 heterocycles. The van der Waals surface area contributed by atoms with Crippen LogP contribution in [0, 0.1) is 47.0 Å². The summed E-state index contributed by atoms with van der Waals surface area (Å²) in [5.74, 6) is 1.13. The van der Waals surface area contributed by atoms with Crippen LogP contribution in [0.25, 0.3) is 42.3 Å². The third-order valence-electron chi connectivity index (χ3n) is 11.5. The van der Waals surface area contributed by atoms with Crippen molar-refractivity contribution in [3.05, 3.63) is 78.3 Å². The van der Waals surface area contributed by atoms with Gasteiger partial charge in [0.25, 0.3) is 0 Å². The summed E-state index contributed by atoms with van der Waals surface area (Å²) in [6.45, 7) is 28.5. The van der Waals surface area contributed by atoms with Crippen LogP contribution in [0.1, 0.15) is 108 Å². The van der Waals surface area contributed by atoms with E-state index in [0.717, 1.165) is 63.5 Å². The molecule has 0 spiro atoms. The van der Waals surface area contributed by atoms with E-state index in [9.17, 15) is 11.3 Å². The van der Waals surface area contributed by atoms with Crippen molar-refractivity contribution in [2.24, 2.45) is 40.9 Å². The first kappa shape index (κ1) is 43.4.